The minimum atomic E-state index is -2.43. The van der Waals surface area contributed by atoms with Gasteiger partial charge in [0.15, 0.2) is 16.8 Å². The molecular formula is C52H60N4O13. The van der Waals surface area contributed by atoms with Crippen molar-refractivity contribution in [1.29, 1.82) is 0 Å². The van der Waals surface area contributed by atoms with Crippen LogP contribution in [0.15, 0.2) is 88.5 Å². The number of H-pyrrole nitrogens is 1. The normalized spacial score (nSPS) is 25.2. The minimum Gasteiger partial charge on any atom is -0.508 e. The zero-order chi connectivity index (χ0) is 48.2. The monoisotopic (exact) mass is 948 g/mol. The Bertz CT molecular complexity index is 2930. The van der Waals surface area contributed by atoms with Crippen LogP contribution in [0.25, 0.3) is 38.3 Å². The molecule has 1 saturated heterocycles. The number of phenolic OH excluding ortho intramolecular Hbond substituents is 2. The summed E-state index contributed by atoms with van der Waals surface area (Å²) in [6, 6.07) is 12.6. The Hall–Kier alpha value is -5.76. The third-order valence-electron chi connectivity index (χ3n) is 15.1. The maximum Gasteiger partial charge on any atom is 0.220 e. The zero-order valence-electron chi connectivity index (χ0n) is 38.3. The third-order valence-corrected chi connectivity index (χ3v) is 15.1. The molecule has 366 valence electrons. The first-order valence-corrected chi connectivity index (χ1v) is 24.0. The van der Waals surface area contributed by atoms with Crippen molar-refractivity contribution in [3.63, 3.8) is 0 Å². The van der Waals surface area contributed by atoms with Gasteiger partial charge >= 0.3 is 0 Å². The second-order valence-corrected chi connectivity index (χ2v) is 19.7. The molecule has 17 heteroatoms. The fourth-order valence-electron chi connectivity index (χ4n) is 11.3. The Morgan fingerprint density at radius 1 is 0.971 bits per heavy atom. The summed E-state index contributed by atoms with van der Waals surface area (Å²) >= 11 is 0. The molecule has 2 aliphatic heterocycles. The number of aryl methyl sites for hydroxylation is 1. The van der Waals surface area contributed by atoms with E-state index in [1.807, 2.05) is 29.2 Å². The zero-order valence-corrected chi connectivity index (χ0v) is 38.3. The van der Waals surface area contributed by atoms with E-state index in [1.165, 1.54) is 42.8 Å². The molecule has 4 aliphatic rings. The second kappa shape index (κ2) is 18.9. The molecule has 3 aromatic heterocycles. The van der Waals surface area contributed by atoms with E-state index in [0.717, 1.165) is 36.6 Å². The van der Waals surface area contributed by atoms with Crippen LogP contribution in [0.2, 0.25) is 0 Å². The summed E-state index contributed by atoms with van der Waals surface area (Å²) in [5, 5.41) is 85.5. The van der Waals surface area contributed by atoms with E-state index in [1.54, 1.807) is 13.0 Å². The van der Waals surface area contributed by atoms with E-state index in [2.05, 4.69) is 27.8 Å². The number of aliphatic hydroxyl groups is 5. The molecule has 9 atom stereocenters. The van der Waals surface area contributed by atoms with Gasteiger partial charge in [-0.15, -0.1) is 0 Å². The molecule has 69 heavy (non-hydrogen) atoms. The van der Waals surface area contributed by atoms with Gasteiger partial charge in [0.25, 0.3) is 0 Å². The van der Waals surface area contributed by atoms with Crippen LogP contribution in [0.4, 0.5) is 0 Å². The smallest absolute Gasteiger partial charge is 0.220 e. The molecule has 10 N–H and O–H groups in total. The number of fused-ring (bicyclic) bond motifs is 4. The van der Waals surface area contributed by atoms with Crippen molar-refractivity contribution in [1.82, 2.24) is 20.2 Å². The average molecular weight is 949 g/mol. The Morgan fingerprint density at radius 2 is 1.80 bits per heavy atom. The summed E-state index contributed by atoms with van der Waals surface area (Å²) in [6.07, 6.45) is 8.84. The average Bonchev–Trinajstić information content (AvgIpc) is 4.09. The number of hydrogen-bond acceptors (Lipinski definition) is 14. The maximum absolute atomic E-state index is 13.9. The molecule has 0 unspecified atom stereocenters. The number of nitrogens with zero attached hydrogens (tertiary/aromatic N) is 1. The first kappa shape index (κ1) is 46.9. The summed E-state index contributed by atoms with van der Waals surface area (Å²) in [5.41, 5.74) is -1.26. The van der Waals surface area contributed by atoms with Crippen molar-refractivity contribution in [3.05, 3.63) is 106 Å². The van der Waals surface area contributed by atoms with E-state index in [9.17, 15) is 45.3 Å². The lowest BCUT2D eigenvalue weighted by Gasteiger charge is -2.51. The van der Waals surface area contributed by atoms with Crippen molar-refractivity contribution >= 4 is 38.6 Å². The van der Waals surface area contributed by atoms with Gasteiger partial charge in [0.1, 0.15) is 65.2 Å². The van der Waals surface area contributed by atoms with Gasteiger partial charge in [-0.2, -0.15) is 0 Å². The van der Waals surface area contributed by atoms with E-state index in [4.69, 9.17) is 18.9 Å². The van der Waals surface area contributed by atoms with Crippen molar-refractivity contribution < 1.29 is 59.5 Å². The Labute approximate surface area is 396 Å². The first-order chi connectivity index (χ1) is 33.2. The quantitative estimate of drug-likeness (QED) is 0.0393. The van der Waals surface area contributed by atoms with Crippen LogP contribution in [0.5, 0.6) is 17.2 Å². The highest BCUT2D eigenvalue weighted by molar-refractivity contribution is 5.93. The molecule has 1 spiro atoms. The fourth-order valence-corrected chi connectivity index (χ4v) is 11.3. The van der Waals surface area contributed by atoms with Crippen LogP contribution in [-0.4, -0.2) is 119 Å². The van der Waals surface area contributed by atoms with Crippen LogP contribution in [0.3, 0.4) is 0 Å². The molecule has 2 aliphatic carbocycles. The molecule has 6 aromatic rings. The highest BCUT2D eigenvalue weighted by Gasteiger charge is 2.56. The van der Waals surface area contributed by atoms with Gasteiger partial charge in [0.2, 0.25) is 5.91 Å². The molecule has 2 fully saturated rings. The molecule has 1 amide bonds. The number of aromatic hydroxyl groups is 2. The van der Waals surface area contributed by atoms with Crippen LogP contribution in [-0.2, 0) is 27.4 Å². The first-order valence-electron chi connectivity index (χ1n) is 24.0. The molecule has 0 radical (unpaired) electrons. The molecule has 1 saturated carbocycles. The molecular weight excluding hydrogens is 889 g/mol. The predicted octanol–water partition coefficient (Wildman–Crippen LogP) is 4.23. The number of nitrogens with one attached hydrogen (secondary N) is 3. The van der Waals surface area contributed by atoms with Crippen molar-refractivity contribution in [2.45, 2.75) is 106 Å². The Kier molecular flexibility index (Phi) is 12.8. The van der Waals surface area contributed by atoms with Crippen LogP contribution < -0.4 is 20.8 Å². The van der Waals surface area contributed by atoms with E-state index in [0.29, 0.717) is 76.0 Å². The van der Waals surface area contributed by atoms with Gasteiger partial charge in [0, 0.05) is 85.3 Å². The number of aromatic nitrogens is 2. The Morgan fingerprint density at radius 3 is 2.57 bits per heavy atom. The summed E-state index contributed by atoms with van der Waals surface area (Å²) in [6.45, 7) is 0.965. The number of phenols is 2. The molecule has 17 nitrogen and oxygen atoms in total. The summed E-state index contributed by atoms with van der Waals surface area (Å²) < 4.78 is 15.9. The second-order valence-electron chi connectivity index (χ2n) is 19.7. The number of ether oxygens (including phenoxy) is 1. The number of benzene rings is 3. The number of allylic oxidation sites excluding steroid dienone is 1. The molecule has 3 aromatic carbocycles. The van der Waals surface area contributed by atoms with Gasteiger partial charge in [-0.25, -0.2) is 9.78 Å². The molecule has 5 heterocycles. The standard InChI is InChI=1S/C52H60N4O13/c1-28-15-42(60)39-16-32-17-44(69-66-27-51(65,50(64)47(63)43(61)26-57)20-30-8-12-41(59)37-11-10-36(58)19-38(30)37)52(68-48(32)46(49(39)67-28)56-24-31-13-14-53-40(31)25-56)21-29(33-18-45(62)55-22-33)7-9-34(52)23-54-35-5-3-2-4-6-35/h7-16,19,24-25,29,33-35,43-44,47,50,53-54,57-59,61,63-65H,2-6,17-18,20-23,26-27H2,1H3,(H,55,62)/t29-,33-,34+,43+,44+,47+,50-,51-,52-/m0/s1. The summed E-state index contributed by atoms with van der Waals surface area (Å²) in [4.78, 5) is 42.6. The van der Waals surface area contributed by atoms with Gasteiger partial charge < -0.3 is 65.1 Å². The Balaban J connectivity index is 1.08. The van der Waals surface area contributed by atoms with Gasteiger partial charge in [0.05, 0.1) is 17.5 Å². The fraction of sp³-hybridized carbons (Fsp3) is 0.462. The van der Waals surface area contributed by atoms with Gasteiger partial charge in [-0.1, -0.05) is 37.5 Å². The van der Waals surface area contributed by atoms with Gasteiger partial charge in [-0.05, 0) is 85.4 Å². The van der Waals surface area contributed by atoms with Crippen LogP contribution >= 0.6 is 0 Å². The predicted molar refractivity (Wildman–Crippen MR) is 254 cm³/mol. The van der Waals surface area contributed by atoms with E-state index in [-0.39, 0.29) is 53.1 Å². The third kappa shape index (κ3) is 8.91. The molecule has 10 rings (SSSR count). The number of aromatic amines is 1. The van der Waals surface area contributed by atoms with Crippen LogP contribution in [0.1, 0.15) is 61.8 Å². The highest BCUT2D eigenvalue weighted by atomic mass is 17.2. The number of aliphatic hydroxyl groups excluding tert-OH is 4. The molecule has 0 bridgehead atoms. The maximum atomic E-state index is 13.9. The lowest BCUT2D eigenvalue weighted by atomic mass is 9.66. The number of carbonyl (C=O) groups excluding carboxylic acids is 1. The number of rotatable bonds is 15. The lowest BCUT2D eigenvalue weighted by Crippen LogP contribution is -2.62. The van der Waals surface area contributed by atoms with Crippen LogP contribution in [0, 0.1) is 24.7 Å². The number of hydrogen-bond donors (Lipinski definition) is 10. The van der Waals surface area contributed by atoms with E-state index >= 15 is 0 Å². The highest BCUT2D eigenvalue weighted by Crippen LogP contribution is 2.51. The SMILES string of the molecule is Cc1cc(=O)c2cc3c(c(-n4cc5cc[nH]c5c4)c2o1)O[C@]1(C[C@@H]([C@@H]2CNC(=O)C2)C=C[C@@H]1CNC1CCCCC1)[C@H](OOC[C@@](O)(Cc1ccc(O)c2ccc(O)cc12)[C@@H](O)[C@H](O)[C@H](O)CO)C3. The topological polar surface area (TPSA) is 261 Å². The number of amides is 1. The largest absolute Gasteiger partial charge is 0.508 e. The minimum absolute atomic E-state index is 0.0417. The van der Waals surface area contributed by atoms with Crippen molar-refractivity contribution in [2.75, 3.05) is 26.3 Å². The number of carbonyl (C=O) groups is 1. The van der Waals surface area contributed by atoms with Gasteiger partial charge in [-0.3, -0.25) is 9.59 Å². The summed E-state index contributed by atoms with van der Waals surface area (Å²) in [5.74, 6) is 0.0384. The lowest BCUT2D eigenvalue weighted by molar-refractivity contribution is -0.376. The van der Waals surface area contributed by atoms with Crippen molar-refractivity contribution in [3.8, 4) is 22.9 Å². The van der Waals surface area contributed by atoms with E-state index < -0.39 is 55.3 Å². The summed E-state index contributed by atoms with van der Waals surface area (Å²) in [7, 11) is 0. The van der Waals surface area contributed by atoms with Crippen molar-refractivity contribution in [2.24, 2.45) is 17.8 Å².